The maximum Gasteiger partial charge on any atom is 0.399 e. The first-order valence-corrected chi connectivity index (χ1v) is 27.5. The molecule has 76 heavy (non-hydrogen) atoms. The van der Waals surface area contributed by atoms with E-state index in [1.807, 2.05) is 30.3 Å². The Morgan fingerprint density at radius 3 is 2.33 bits per heavy atom. The van der Waals surface area contributed by atoms with E-state index in [2.05, 4.69) is 10.6 Å². The number of rotatable bonds is 13. The molecular formula is C52H59F3N7O12PS. The quantitative estimate of drug-likeness (QED) is 0.0889. The van der Waals surface area contributed by atoms with Crippen LogP contribution in [0, 0.1) is 17.2 Å². The first kappa shape index (κ1) is 54.6. The minimum atomic E-state index is -5.87. The van der Waals surface area contributed by atoms with E-state index in [1.54, 1.807) is 43.7 Å². The van der Waals surface area contributed by atoms with Crippen LogP contribution in [0.3, 0.4) is 0 Å². The number of aryl methyl sites for hydroxylation is 1. The number of imide groups is 1. The van der Waals surface area contributed by atoms with Crippen molar-refractivity contribution < 1.29 is 65.8 Å². The van der Waals surface area contributed by atoms with Gasteiger partial charge in [0.25, 0.3) is 5.91 Å². The lowest BCUT2D eigenvalue weighted by Gasteiger charge is -2.39. The average molecular weight is 1090 g/mol. The highest BCUT2D eigenvalue weighted by molar-refractivity contribution is 7.52. The van der Waals surface area contributed by atoms with Crippen LogP contribution in [0.4, 0.5) is 13.2 Å². The van der Waals surface area contributed by atoms with E-state index in [0.717, 1.165) is 29.0 Å². The van der Waals surface area contributed by atoms with Crippen LogP contribution in [0.2, 0.25) is 0 Å². The number of benzene rings is 3. The zero-order valence-electron chi connectivity index (χ0n) is 42.2. The van der Waals surface area contributed by atoms with Gasteiger partial charge in [-0.15, -0.1) is 11.3 Å². The summed E-state index contributed by atoms with van der Waals surface area (Å²) in [5, 5.41) is 5.19. The first-order valence-electron chi connectivity index (χ1n) is 25.1. The van der Waals surface area contributed by atoms with Gasteiger partial charge in [-0.3, -0.25) is 47.8 Å². The molecule has 1 unspecified atom stereocenters. The number of morpholine rings is 1. The van der Waals surface area contributed by atoms with Crippen LogP contribution in [-0.2, 0) is 57.1 Å². The molecule has 3 aromatic carbocycles. The smallest absolute Gasteiger partial charge is 0.370 e. The van der Waals surface area contributed by atoms with Crippen molar-refractivity contribution in [3.63, 3.8) is 0 Å². The Morgan fingerprint density at radius 1 is 0.921 bits per heavy atom. The largest absolute Gasteiger partial charge is 0.399 e. The molecule has 6 heterocycles. The summed E-state index contributed by atoms with van der Waals surface area (Å²) in [7, 11) is -4.33. The van der Waals surface area contributed by atoms with Gasteiger partial charge in [0.15, 0.2) is 0 Å². The average Bonchev–Trinajstić information content (AvgIpc) is 4.09. The van der Waals surface area contributed by atoms with Crippen molar-refractivity contribution >= 4 is 75.5 Å². The minimum Gasteiger partial charge on any atom is -0.370 e. The van der Waals surface area contributed by atoms with Crippen LogP contribution in [0.15, 0.2) is 71.5 Å². The van der Waals surface area contributed by atoms with Crippen LogP contribution < -0.4 is 16.3 Å². The van der Waals surface area contributed by atoms with Crippen molar-refractivity contribution in [1.29, 1.82) is 0 Å². The van der Waals surface area contributed by atoms with E-state index in [0.29, 0.717) is 48.1 Å². The molecule has 4 aliphatic rings. The molecule has 4 N–H and O–H groups in total. The molecule has 5 atom stereocenters. The molecule has 0 spiro atoms. The summed E-state index contributed by atoms with van der Waals surface area (Å²) in [5.41, 5.74) is -4.94. The fraction of sp³-hybridized carbons (Fsp3) is 0.481. The molecule has 4 fully saturated rings. The van der Waals surface area contributed by atoms with Crippen LogP contribution in [-0.4, -0.2) is 133 Å². The monoisotopic (exact) mass is 1090 g/mol. The molecule has 0 saturated carbocycles. The van der Waals surface area contributed by atoms with Crippen molar-refractivity contribution in [2.45, 2.75) is 95.3 Å². The molecule has 406 valence electrons. The molecule has 0 bridgehead atoms. The Morgan fingerprint density at radius 2 is 1.64 bits per heavy atom. The number of likely N-dealkylation sites (tertiary alicyclic amines) is 2. The summed E-state index contributed by atoms with van der Waals surface area (Å²) >= 11 is 0.931. The number of aromatic nitrogens is 2. The fourth-order valence-corrected chi connectivity index (χ4v) is 12.1. The van der Waals surface area contributed by atoms with Gasteiger partial charge in [0.05, 0.1) is 35.2 Å². The number of nitrogens with zero attached hydrogens (tertiary/aromatic N) is 5. The lowest BCUT2D eigenvalue weighted by atomic mass is 9.85. The Hall–Kier alpha value is -6.23. The molecule has 0 aliphatic carbocycles. The zero-order chi connectivity index (χ0) is 54.6. The number of carbonyl (C=O) groups excluding carboxylic acids is 6. The topological polar surface area (TPSA) is 239 Å². The summed E-state index contributed by atoms with van der Waals surface area (Å²) in [6.45, 7) is 6.07. The molecule has 4 saturated heterocycles. The van der Waals surface area contributed by atoms with Crippen molar-refractivity contribution in [3.05, 3.63) is 105 Å². The maximum absolute atomic E-state index is 15.8. The second-order valence-electron chi connectivity index (χ2n) is 21.0. The van der Waals surface area contributed by atoms with Gasteiger partial charge in [0, 0.05) is 56.0 Å². The normalized spacial score (nSPS) is 21.6. The lowest BCUT2D eigenvalue weighted by molar-refractivity contribution is -0.156. The van der Waals surface area contributed by atoms with Gasteiger partial charge < -0.3 is 39.3 Å². The minimum absolute atomic E-state index is 0.0210. The summed E-state index contributed by atoms with van der Waals surface area (Å²) in [6, 6.07) is 13.1. The van der Waals surface area contributed by atoms with E-state index >= 15 is 4.39 Å². The number of thiophene rings is 1. The summed E-state index contributed by atoms with van der Waals surface area (Å²) in [6.07, 6.45) is 0.317. The number of piperidine rings is 2. The van der Waals surface area contributed by atoms with Crippen LogP contribution >= 0.6 is 18.9 Å². The molecule has 24 heteroatoms. The van der Waals surface area contributed by atoms with Crippen molar-refractivity contribution in [1.82, 2.24) is 34.5 Å². The number of hydrogen-bond donors (Lipinski definition) is 4. The van der Waals surface area contributed by atoms with E-state index in [-0.39, 0.29) is 73.1 Å². The Bertz CT molecular complexity index is 3220. The van der Waals surface area contributed by atoms with Crippen LogP contribution in [0.1, 0.15) is 91.4 Å². The number of nitrogens with one attached hydrogen (secondary N) is 2. The maximum atomic E-state index is 15.8. The van der Waals surface area contributed by atoms with Crippen molar-refractivity contribution in [2.24, 2.45) is 18.4 Å². The molecule has 9 rings (SSSR count). The number of carbonyl (C=O) groups is 6. The highest BCUT2D eigenvalue weighted by Crippen LogP contribution is 2.59. The molecule has 19 nitrogen and oxygen atoms in total. The summed E-state index contributed by atoms with van der Waals surface area (Å²) in [4.78, 5) is 119. The first-order chi connectivity index (χ1) is 35.9. The second-order valence-corrected chi connectivity index (χ2v) is 23.8. The van der Waals surface area contributed by atoms with Crippen LogP contribution in [0.5, 0.6) is 0 Å². The highest BCUT2D eigenvalue weighted by atomic mass is 32.1. The number of amides is 6. The van der Waals surface area contributed by atoms with Gasteiger partial charge in [0.2, 0.25) is 29.5 Å². The van der Waals surface area contributed by atoms with E-state index in [1.165, 1.54) is 32.2 Å². The molecule has 5 aromatic rings. The number of ether oxygens (including phenoxy) is 2. The van der Waals surface area contributed by atoms with E-state index in [9.17, 15) is 56.7 Å². The third-order valence-corrected chi connectivity index (χ3v) is 17.1. The number of fused-ring (bicyclic) bond motifs is 2. The van der Waals surface area contributed by atoms with Gasteiger partial charge in [-0.1, -0.05) is 57.2 Å². The Kier molecular flexibility index (Phi) is 15.3. The standard InChI is InChI=1S/C52H59F3N7O12PS/c1-51(2,3)45(57-47(66)41-25-32-23-33(10-12-40(32)76-41)52(54,55)75(70,71)72)49(68)61-19-16-38(44(61)48(67)60-20-21-73-39(27-60)30-8-6-5-7-9-30)74-28-43(64)59-17-14-29(15-18-59)22-31-24-36-37(26-34(31)53)62(50(69)58(36)4)35-11-13-42(63)56-46(35)65/h5-10,12,23-26,29,35,38-39,44-45H,11,13-22,27-28H2,1-4H3,(H,57,66)(H,56,63,65)(H2,70,71,72)/t35?,38-,39+,44+,45-/m1/s1. The van der Waals surface area contributed by atoms with E-state index in [4.69, 9.17) is 9.47 Å². The van der Waals surface area contributed by atoms with Gasteiger partial charge in [-0.05, 0) is 84.2 Å². The molecule has 2 aromatic heterocycles. The van der Waals surface area contributed by atoms with Crippen molar-refractivity contribution in [2.75, 3.05) is 45.9 Å². The van der Waals surface area contributed by atoms with Gasteiger partial charge in [-0.25, -0.2) is 9.18 Å². The third-order valence-electron chi connectivity index (χ3n) is 14.9. The predicted molar refractivity (Wildman–Crippen MR) is 272 cm³/mol. The van der Waals surface area contributed by atoms with Crippen LogP contribution in [0.25, 0.3) is 21.1 Å². The Balaban J connectivity index is 0.885. The molecule has 4 aliphatic heterocycles. The number of alkyl halides is 2. The summed E-state index contributed by atoms with van der Waals surface area (Å²) in [5.74, 6) is -3.72. The fourth-order valence-electron chi connectivity index (χ4n) is 10.7. The highest BCUT2D eigenvalue weighted by Gasteiger charge is 2.51. The molecule has 0 radical (unpaired) electrons. The van der Waals surface area contributed by atoms with E-state index < -0.39 is 102 Å². The van der Waals surface area contributed by atoms with Crippen molar-refractivity contribution in [3.8, 4) is 0 Å². The Labute approximate surface area is 438 Å². The summed E-state index contributed by atoms with van der Waals surface area (Å²) < 4.78 is 72.0. The van der Waals surface area contributed by atoms with Gasteiger partial charge in [0.1, 0.15) is 36.7 Å². The molecule has 6 amide bonds. The SMILES string of the molecule is Cn1c(=O)n(C2CCC(=O)NC2=O)c2cc(F)c(CC3CCN(C(=O)CO[C@@H]4CCN(C(=O)[C@@H](NC(=O)c5cc6cc(C(F)(F)P(=O)(O)O)ccc6s5)C(C)(C)C)[C@@H]4C(=O)N4CCO[C@H](c5ccccc5)C4)CC3)cc21. The second kappa shape index (κ2) is 21.3. The zero-order valence-corrected chi connectivity index (χ0v) is 43.9. The van der Waals surface area contributed by atoms with Gasteiger partial charge in [-0.2, -0.15) is 8.78 Å². The number of imidazole rings is 1. The molecular weight excluding hydrogens is 1030 g/mol. The van der Waals surface area contributed by atoms with Gasteiger partial charge >= 0.3 is 18.9 Å². The number of hydrogen-bond acceptors (Lipinski definition) is 11. The lowest BCUT2D eigenvalue weighted by Crippen LogP contribution is -2.60. The third kappa shape index (κ3) is 10.9. The predicted octanol–water partition coefficient (Wildman–Crippen LogP) is 5.11. The number of halogens is 3.